The molecule has 1 aromatic heterocycles. The number of anilines is 2. The van der Waals surface area contributed by atoms with Crippen LogP contribution in [0.2, 0.25) is 0 Å². The molecule has 2 heterocycles. The maximum absolute atomic E-state index is 14.0. The number of aliphatic carboxylic acids is 1. The largest absolute Gasteiger partial charge is 0.480 e. The number of aromatic nitrogens is 2. The number of carboxylic acid groups (broad SMARTS) is 1. The Balaban J connectivity index is 1.49. The summed E-state index contributed by atoms with van der Waals surface area (Å²) in [6.07, 6.45) is 1.55. The van der Waals surface area contributed by atoms with Gasteiger partial charge in [-0.3, -0.25) is 4.79 Å². The van der Waals surface area contributed by atoms with Crippen LogP contribution < -0.4 is 9.80 Å². The summed E-state index contributed by atoms with van der Waals surface area (Å²) in [4.78, 5) is 19.5. The van der Waals surface area contributed by atoms with E-state index < -0.39 is 5.97 Å². The molecule has 7 heteroatoms. The standard InChI is InChI=1S/C19H19FN4O2/c20-15-3-1-2-4-17(15)23-9-7-22(8-10-23)14-5-6-18-16(11-14)21-13-24(18)12-19(25)26/h1-6,11,13H,7-10,12H2,(H,25,26). The lowest BCUT2D eigenvalue weighted by Gasteiger charge is -2.37. The van der Waals surface area contributed by atoms with Gasteiger partial charge >= 0.3 is 5.97 Å². The molecule has 134 valence electrons. The normalized spacial score (nSPS) is 14.8. The van der Waals surface area contributed by atoms with Crippen LogP contribution in [-0.2, 0) is 11.3 Å². The van der Waals surface area contributed by atoms with Gasteiger partial charge in [0.25, 0.3) is 0 Å². The first kappa shape index (κ1) is 16.4. The smallest absolute Gasteiger partial charge is 0.323 e. The summed E-state index contributed by atoms with van der Waals surface area (Å²) in [7, 11) is 0. The highest BCUT2D eigenvalue weighted by Gasteiger charge is 2.20. The van der Waals surface area contributed by atoms with E-state index in [-0.39, 0.29) is 12.4 Å². The van der Waals surface area contributed by atoms with Gasteiger partial charge in [-0.05, 0) is 30.3 Å². The SMILES string of the molecule is O=C(O)Cn1cnc2cc(N3CCN(c4ccccc4F)CC3)ccc21. The highest BCUT2D eigenvalue weighted by molar-refractivity contribution is 5.81. The van der Waals surface area contributed by atoms with Crippen molar-refractivity contribution in [1.29, 1.82) is 0 Å². The Labute approximate surface area is 150 Å². The summed E-state index contributed by atoms with van der Waals surface area (Å²) < 4.78 is 15.6. The molecule has 0 atom stereocenters. The van der Waals surface area contributed by atoms with Gasteiger partial charge in [-0.15, -0.1) is 0 Å². The van der Waals surface area contributed by atoms with Gasteiger partial charge in [0.2, 0.25) is 0 Å². The summed E-state index contributed by atoms with van der Waals surface area (Å²) in [5.74, 6) is -1.08. The van der Waals surface area contributed by atoms with E-state index in [1.165, 1.54) is 6.07 Å². The number of hydrogen-bond acceptors (Lipinski definition) is 4. The molecule has 0 unspecified atom stereocenters. The minimum Gasteiger partial charge on any atom is -0.480 e. The third kappa shape index (κ3) is 3.08. The van der Waals surface area contributed by atoms with Crippen molar-refractivity contribution in [2.45, 2.75) is 6.54 Å². The average Bonchev–Trinajstić information content (AvgIpc) is 3.04. The minimum atomic E-state index is -0.891. The number of carboxylic acids is 1. The Morgan fingerprint density at radius 2 is 1.81 bits per heavy atom. The van der Waals surface area contributed by atoms with Crippen LogP contribution in [0.25, 0.3) is 11.0 Å². The summed E-state index contributed by atoms with van der Waals surface area (Å²) in [5, 5.41) is 8.95. The van der Waals surface area contributed by atoms with E-state index in [1.54, 1.807) is 17.0 Å². The Morgan fingerprint density at radius 3 is 2.54 bits per heavy atom. The number of nitrogens with zero attached hydrogens (tertiary/aromatic N) is 4. The number of benzene rings is 2. The Kier molecular flexibility index (Phi) is 4.20. The van der Waals surface area contributed by atoms with Gasteiger partial charge in [0.1, 0.15) is 12.4 Å². The molecule has 26 heavy (non-hydrogen) atoms. The highest BCUT2D eigenvalue weighted by Crippen LogP contribution is 2.25. The van der Waals surface area contributed by atoms with Gasteiger partial charge in [-0.25, -0.2) is 9.37 Å². The van der Waals surface area contributed by atoms with Crippen LogP contribution in [0.3, 0.4) is 0 Å². The zero-order valence-electron chi connectivity index (χ0n) is 14.2. The van der Waals surface area contributed by atoms with Crippen molar-refractivity contribution < 1.29 is 14.3 Å². The predicted octanol–water partition coefficient (Wildman–Crippen LogP) is 2.59. The number of hydrogen-bond donors (Lipinski definition) is 1. The molecule has 0 saturated carbocycles. The summed E-state index contributed by atoms with van der Waals surface area (Å²) in [6.45, 7) is 2.96. The molecule has 0 amide bonds. The second kappa shape index (κ2) is 6.67. The van der Waals surface area contributed by atoms with Gasteiger partial charge in [0.15, 0.2) is 0 Å². The molecule has 0 spiro atoms. The number of fused-ring (bicyclic) bond motifs is 1. The van der Waals surface area contributed by atoms with Crippen LogP contribution in [-0.4, -0.2) is 46.8 Å². The minimum absolute atomic E-state index is 0.100. The molecule has 6 nitrogen and oxygen atoms in total. The predicted molar refractivity (Wildman–Crippen MR) is 98.2 cm³/mol. The highest BCUT2D eigenvalue weighted by atomic mass is 19.1. The molecule has 1 saturated heterocycles. The fraction of sp³-hybridized carbons (Fsp3) is 0.263. The third-order valence-electron chi connectivity index (χ3n) is 4.75. The number of carbonyl (C=O) groups is 1. The summed E-state index contributed by atoms with van der Waals surface area (Å²) >= 11 is 0. The summed E-state index contributed by atoms with van der Waals surface area (Å²) in [5.41, 5.74) is 3.28. The monoisotopic (exact) mass is 354 g/mol. The number of para-hydroxylation sites is 1. The second-order valence-corrected chi connectivity index (χ2v) is 6.36. The fourth-order valence-electron chi connectivity index (χ4n) is 3.43. The molecule has 2 aromatic carbocycles. The van der Waals surface area contributed by atoms with Crippen molar-refractivity contribution in [2.75, 3.05) is 36.0 Å². The molecule has 1 aliphatic rings. The molecule has 0 bridgehead atoms. The molecule has 0 aliphatic carbocycles. The van der Waals surface area contributed by atoms with E-state index in [1.807, 2.05) is 30.3 Å². The Hall–Kier alpha value is -3.09. The quantitative estimate of drug-likeness (QED) is 0.780. The molecule has 1 fully saturated rings. The van der Waals surface area contributed by atoms with E-state index >= 15 is 0 Å². The van der Waals surface area contributed by atoms with Gasteiger partial charge in [0, 0.05) is 31.9 Å². The van der Waals surface area contributed by atoms with Crippen LogP contribution in [0.15, 0.2) is 48.8 Å². The number of rotatable bonds is 4. The van der Waals surface area contributed by atoms with Crippen molar-refractivity contribution in [3.05, 3.63) is 54.6 Å². The summed E-state index contributed by atoms with van der Waals surface area (Å²) in [6, 6.07) is 12.7. The zero-order valence-corrected chi connectivity index (χ0v) is 14.2. The van der Waals surface area contributed by atoms with Gasteiger partial charge in [-0.1, -0.05) is 12.1 Å². The topological polar surface area (TPSA) is 61.6 Å². The fourth-order valence-corrected chi connectivity index (χ4v) is 3.43. The van der Waals surface area contributed by atoms with Crippen LogP contribution >= 0.6 is 0 Å². The van der Waals surface area contributed by atoms with E-state index in [0.717, 1.165) is 42.9 Å². The van der Waals surface area contributed by atoms with Crippen LogP contribution in [0.5, 0.6) is 0 Å². The van der Waals surface area contributed by atoms with Crippen molar-refractivity contribution in [3.63, 3.8) is 0 Å². The van der Waals surface area contributed by atoms with Gasteiger partial charge in [0.05, 0.1) is 23.0 Å². The lowest BCUT2D eigenvalue weighted by atomic mass is 10.2. The lowest BCUT2D eigenvalue weighted by Crippen LogP contribution is -2.46. The van der Waals surface area contributed by atoms with E-state index in [2.05, 4.69) is 14.8 Å². The Bertz CT molecular complexity index is 948. The first-order chi connectivity index (χ1) is 12.6. The average molecular weight is 354 g/mol. The van der Waals surface area contributed by atoms with E-state index in [0.29, 0.717) is 5.69 Å². The second-order valence-electron chi connectivity index (χ2n) is 6.36. The maximum atomic E-state index is 14.0. The third-order valence-corrected chi connectivity index (χ3v) is 4.75. The first-order valence-corrected chi connectivity index (χ1v) is 8.53. The van der Waals surface area contributed by atoms with Crippen LogP contribution in [0.1, 0.15) is 0 Å². The first-order valence-electron chi connectivity index (χ1n) is 8.53. The zero-order chi connectivity index (χ0) is 18.1. The molecule has 3 aromatic rings. The molecule has 1 aliphatic heterocycles. The molecular weight excluding hydrogens is 335 g/mol. The molecular formula is C19H19FN4O2. The van der Waals surface area contributed by atoms with Crippen molar-refractivity contribution in [3.8, 4) is 0 Å². The maximum Gasteiger partial charge on any atom is 0.323 e. The van der Waals surface area contributed by atoms with Crippen molar-refractivity contribution >= 4 is 28.4 Å². The number of piperazine rings is 1. The molecule has 1 N–H and O–H groups in total. The number of halogens is 1. The van der Waals surface area contributed by atoms with Crippen molar-refractivity contribution in [2.24, 2.45) is 0 Å². The molecule has 4 rings (SSSR count). The van der Waals surface area contributed by atoms with Crippen LogP contribution in [0.4, 0.5) is 15.8 Å². The number of imidazole rings is 1. The van der Waals surface area contributed by atoms with E-state index in [9.17, 15) is 9.18 Å². The Morgan fingerprint density at radius 1 is 1.08 bits per heavy atom. The molecule has 0 radical (unpaired) electrons. The van der Waals surface area contributed by atoms with E-state index in [4.69, 9.17) is 5.11 Å². The van der Waals surface area contributed by atoms with Crippen LogP contribution in [0, 0.1) is 5.82 Å². The van der Waals surface area contributed by atoms with Gasteiger partial charge < -0.3 is 19.5 Å². The lowest BCUT2D eigenvalue weighted by molar-refractivity contribution is -0.137. The van der Waals surface area contributed by atoms with Crippen molar-refractivity contribution in [1.82, 2.24) is 9.55 Å². The van der Waals surface area contributed by atoms with Gasteiger partial charge in [-0.2, -0.15) is 0 Å².